The van der Waals surface area contributed by atoms with Gasteiger partial charge in [0, 0.05) is 12.1 Å². The summed E-state index contributed by atoms with van der Waals surface area (Å²) >= 11 is 0. The summed E-state index contributed by atoms with van der Waals surface area (Å²) in [5, 5.41) is 2.70. The van der Waals surface area contributed by atoms with Crippen LogP contribution in [-0.2, 0) is 17.9 Å². The predicted molar refractivity (Wildman–Crippen MR) is 77.9 cm³/mol. The molecule has 4 nitrogen and oxygen atoms in total. The molecule has 0 radical (unpaired) electrons. The minimum Gasteiger partial charge on any atom is -0.467 e. The summed E-state index contributed by atoms with van der Waals surface area (Å²) in [4.78, 5) is 13.6. The Morgan fingerprint density at radius 3 is 2.55 bits per heavy atom. The number of likely N-dealkylation sites (N-methyl/N-ethyl adjacent to an activating group) is 1. The summed E-state index contributed by atoms with van der Waals surface area (Å²) in [5.41, 5.74) is -0.0248. The fraction of sp³-hybridized carbons (Fsp3) is 0.312. The molecule has 0 spiro atoms. The smallest absolute Gasteiger partial charge is 0.234 e. The number of carbonyl (C=O) groups is 1. The Bertz CT molecular complexity index is 594. The van der Waals surface area contributed by atoms with E-state index < -0.39 is 11.6 Å². The summed E-state index contributed by atoms with van der Waals surface area (Å²) in [6.45, 7) is 2.73. The summed E-state index contributed by atoms with van der Waals surface area (Å²) in [6.07, 6.45) is 1.53. The van der Waals surface area contributed by atoms with Gasteiger partial charge in [-0.3, -0.25) is 9.69 Å². The average Bonchev–Trinajstić information content (AvgIpc) is 3.01. The molecule has 0 bridgehead atoms. The first-order valence-electron chi connectivity index (χ1n) is 7.04. The minimum atomic E-state index is -0.602. The summed E-state index contributed by atoms with van der Waals surface area (Å²) in [5.74, 6) is -0.782. The zero-order valence-corrected chi connectivity index (χ0v) is 12.3. The summed E-state index contributed by atoms with van der Waals surface area (Å²) < 4.78 is 32.4. The van der Waals surface area contributed by atoms with Gasteiger partial charge in [0.05, 0.1) is 19.4 Å². The average molecular weight is 308 g/mol. The number of furan rings is 1. The van der Waals surface area contributed by atoms with Gasteiger partial charge in [-0.1, -0.05) is 13.0 Å². The molecule has 0 saturated carbocycles. The molecule has 1 amide bonds. The maximum absolute atomic E-state index is 13.6. The third kappa shape index (κ3) is 4.39. The van der Waals surface area contributed by atoms with Crippen LogP contribution in [0.1, 0.15) is 18.2 Å². The van der Waals surface area contributed by atoms with Crippen LogP contribution in [0.3, 0.4) is 0 Å². The van der Waals surface area contributed by atoms with Crippen LogP contribution in [0.4, 0.5) is 8.78 Å². The van der Waals surface area contributed by atoms with Crippen molar-refractivity contribution in [1.82, 2.24) is 10.2 Å². The lowest BCUT2D eigenvalue weighted by molar-refractivity contribution is -0.122. The fourth-order valence-corrected chi connectivity index (χ4v) is 2.04. The topological polar surface area (TPSA) is 45.5 Å². The van der Waals surface area contributed by atoms with Crippen LogP contribution in [0.5, 0.6) is 0 Å². The summed E-state index contributed by atoms with van der Waals surface area (Å²) in [7, 11) is 0. The Hall–Kier alpha value is -2.21. The molecule has 0 aliphatic heterocycles. The van der Waals surface area contributed by atoms with E-state index in [1.165, 1.54) is 24.5 Å². The van der Waals surface area contributed by atoms with E-state index in [0.29, 0.717) is 12.3 Å². The molecule has 1 aromatic heterocycles. The molecule has 2 aromatic rings. The van der Waals surface area contributed by atoms with Crippen molar-refractivity contribution in [2.45, 2.75) is 20.0 Å². The first-order chi connectivity index (χ1) is 10.6. The van der Waals surface area contributed by atoms with Crippen LogP contribution in [-0.4, -0.2) is 23.9 Å². The van der Waals surface area contributed by atoms with Crippen LogP contribution in [0.15, 0.2) is 41.0 Å². The second-order valence-corrected chi connectivity index (χ2v) is 4.86. The lowest BCUT2D eigenvalue weighted by atomic mass is 10.2. The third-order valence-corrected chi connectivity index (χ3v) is 3.30. The number of amides is 1. The second kappa shape index (κ2) is 7.70. The molecule has 118 valence electrons. The monoisotopic (exact) mass is 308 g/mol. The standard InChI is InChI=1S/C16H18F2N2O2/c1-2-20(10-13-14(17)6-3-7-15(13)18)11-16(21)19-9-12-5-4-8-22-12/h3-8H,2,9-11H2,1H3,(H,19,21). The predicted octanol–water partition coefficient (Wildman–Crippen LogP) is 2.70. The van der Waals surface area contributed by atoms with Crippen LogP contribution < -0.4 is 5.32 Å². The highest BCUT2D eigenvalue weighted by Crippen LogP contribution is 2.14. The van der Waals surface area contributed by atoms with Crippen molar-refractivity contribution in [2.24, 2.45) is 0 Å². The van der Waals surface area contributed by atoms with E-state index in [1.807, 2.05) is 6.92 Å². The number of halogens is 2. The van der Waals surface area contributed by atoms with Crippen LogP contribution in [0.2, 0.25) is 0 Å². The number of carbonyl (C=O) groups excluding carboxylic acids is 1. The van der Waals surface area contributed by atoms with Crippen LogP contribution in [0.25, 0.3) is 0 Å². The first-order valence-corrected chi connectivity index (χ1v) is 7.04. The van der Waals surface area contributed by atoms with E-state index >= 15 is 0 Å². The highest BCUT2D eigenvalue weighted by molar-refractivity contribution is 5.77. The highest BCUT2D eigenvalue weighted by Gasteiger charge is 2.15. The van der Waals surface area contributed by atoms with Crippen molar-refractivity contribution in [3.63, 3.8) is 0 Å². The number of nitrogens with zero attached hydrogens (tertiary/aromatic N) is 1. The van der Waals surface area contributed by atoms with Gasteiger partial charge in [-0.2, -0.15) is 0 Å². The van der Waals surface area contributed by atoms with E-state index in [2.05, 4.69) is 5.32 Å². The Balaban J connectivity index is 1.90. The Kier molecular flexibility index (Phi) is 5.66. The van der Waals surface area contributed by atoms with Gasteiger partial charge in [-0.15, -0.1) is 0 Å². The zero-order chi connectivity index (χ0) is 15.9. The molecule has 1 N–H and O–H groups in total. The molecule has 0 saturated heterocycles. The van der Waals surface area contributed by atoms with Gasteiger partial charge in [0.1, 0.15) is 17.4 Å². The van der Waals surface area contributed by atoms with E-state index in [1.54, 1.807) is 17.0 Å². The van der Waals surface area contributed by atoms with Crippen molar-refractivity contribution in [3.05, 3.63) is 59.6 Å². The molecule has 0 aliphatic rings. The maximum atomic E-state index is 13.6. The molecule has 22 heavy (non-hydrogen) atoms. The van der Waals surface area contributed by atoms with Crippen molar-refractivity contribution in [1.29, 1.82) is 0 Å². The van der Waals surface area contributed by atoms with E-state index in [9.17, 15) is 13.6 Å². The molecule has 0 aliphatic carbocycles. The molecule has 0 atom stereocenters. The normalized spacial score (nSPS) is 10.9. The van der Waals surface area contributed by atoms with Gasteiger partial charge >= 0.3 is 0 Å². The third-order valence-electron chi connectivity index (χ3n) is 3.30. The number of hydrogen-bond acceptors (Lipinski definition) is 3. The highest BCUT2D eigenvalue weighted by atomic mass is 19.1. The van der Waals surface area contributed by atoms with E-state index in [0.717, 1.165) is 0 Å². The van der Waals surface area contributed by atoms with Crippen LogP contribution in [0, 0.1) is 11.6 Å². The summed E-state index contributed by atoms with van der Waals surface area (Å²) in [6, 6.07) is 7.24. The first kappa shape index (κ1) is 16.2. The molecule has 0 unspecified atom stereocenters. The lowest BCUT2D eigenvalue weighted by Crippen LogP contribution is -2.36. The minimum absolute atomic E-state index is 0.0248. The van der Waals surface area contributed by atoms with Gasteiger partial charge in [-0.25, -0.2) is 8.78 Å². The van der Waals surface area contributed by atoms with Gasteiger partial charge in [-0.05, 0) is 30.8 Å². The Morgan fingerprint density at radius 1 is 1.23 bits per heavy atom. The lowest BCUT2D eigenvalue weighted by Gasteiger charge is -2.20. The quantitative estimate of drug-likeness (QED) is 0.855. The van der Waals surface area contributed by atoms with Crippen molar-refractivity contribution in [3.8, 4) is 0 Å². The van der Waals surface area contributed by atoms with Gasteiger partial charge in [0.2, 0.25) is 5.91 Å². The number of hydrogen-bond donors (Lipinski definition) is 1. The number of rotatable bonds is 7. The maximum Gasteiger partial charge on any atom is 0.234 e. The molecule has 6 heteroatoms. The van der Waals surface area contributed by atoms with Crippen molar-refractivity contribution in [2.75, 3.05) is 13.1 Å². The molecule has 1 heterocycles. The molecule has 2 rings (SSSR count). The fourth-order valence-electron chi connectivity index (χ4n) is 2.04. The molecule has 0 fully saturated rings. The van der Waals surface area contributed by atoms with E-state index in [-0.39, 0.29) is 31.1 Å². The molecule has 1 aromatic carbocycles. The molecular formula is C16H18F2N2O2. The second-order valence-electron chi connectivity index (χ2n) is 4.86. The zero-order valence-electron chi connectivity index (χ0n) is 12.3. The Morgan fingerprint density at radius 2 is 1.95 bits per heavy atom. The van der Waals surface area contributed by atoms with Crippen molar-refractivity contribution < 1.29 is 18.0 Å². The van der Waals surface area contributed by atoms with Gasteiger partial charge < -0.3 is 9.73 Å². The van der Waals surface area contributed by atoms with Gasteiger partial charge in [0.15, 0.2) is 0 Å². The van der Waals surface area contributed by atoms with Crippen molar-refractivity contribution >= 4 is 5.91 Å². The molecular weight excluding hydrogens is 290 g/mol. The number of benzene rings is 1. The van der Waals surface area contributed by atoms with Gasteiger partial charge in [0.25, 0.3) is 0 Å². The number of nitrogens with one attached hydrogen (secondary N) is 1. The largest absolute Gasteiger partial charge is 0.467 e. The van der Waals surface area contributed by atoms with E-state index in [4.69, 9.17) is 4.42 Å². The Labute approximate surface area is 127 Å². The van der Waals surface area contributed by atoms with Crippen LogP contribution >= 0.6 is 0 Å². The SMILES string of the molecule is CCN(CC(=O)NCc1ccco1)Cc1c(F)cccc1F.